The summed E-state index contributed by atoms with van der Waals surface area (Å²) in [6, 6.07) is 8.66. The van der Waals surface area contributed by atoms with Gasteiger partial charge in [-0.05, 0) is 36.8 Å². The highest BCUT2D eigenvalue weighted by molar-refractivity contribution is 5.77. The first-order valence-corrected chi connectivity index (χ1v) is 9.14. The van der Waals surface area contributed by atoms with Crippen LogP contribution in [0.25, 0.3) is 0 Å². The van der Waals surface area contributed by atoms with E-state index in [0.29, 0.717) is 18.6 Å². The highest BCUT2D eigenvalue weighted by atomic mass is 16.5. The lowest BCUT2D eigenvalue weighted by Crippen LogP contribution is -2.40. The van der Waals surface area contributed by atoms with Crippen molar-refractivity contribution >= 4 is 5.96 Å². The second-order valence-corrected chi connectivity index (χ2v) is 7.12. The number of hydrogen-bond acceptors (Lipinski definition) is 3. The third-order valence-corrected chi connectivity index (χ3v) is 4.95. The molecule has 1 aromatic carbocycles. The van der Waals surface area contributed by atoms with Gasteiger partial charge in [0.1, 0.15) is 0 Å². The molecule has 1 aliphatic heterocycles. The zero-order valence-corrected chi connectivity index (χ0v) is 14.7. The average molecular weight is 330 g/mol. The number of hydrogen-bond donors (Lipinski definition) is 2. The Morgan fingerprint density at radius 3 is 2.96 bits per heavy atom. The van der Waals surface area contributed by atoms with Crippen molar-refractivity contribution in [2.24, 2.45) is 16.6 Å². The number of nitrogens with zero attached hydrogens (tertiary/aromatic N) is 2. The molecule has 2 fully saturated rings. The van der Waals surface area contributed by atoms with Crippen molar-refractivity contribution in [1.82, 2.24) is 10.2 Å². The van der Waals surface area contributed by atoms with Crippen LogP contribution < -0.4 is 11.1 Å². The fourth-order valence-electron chi connectivity index (χ4n) is 3.30. The van der Waals surface area contributed by atoms with Gasteiger partial charge in [0, 0.05) is 26.2 Å². The van der Waals surface area contributed by atoms with E-state index >= 15 is 0 Å². The summed E-state index contributed by atoms with van der Waals surface area (Å²) >= 11 is 0. The number of benzene rings is 1. The Labute approximate surface area is 145 Å². The minimum absolute atomic E-state index is 0.327. The Morgan fingerprint density at radius 2 is 2.21 bits per heavy atom. The molecule has 1 saturated carbocycles. The van der Waals surface area contributed by atoms with Gasteiger partial charge in [0.2, 0.25) is 0 Å². The topological polar surface area (TPSA) is 62.9 Å². The lowest BCUT2D eigenvalue weighted by Gasteiger charge is -2.31. The van der Waals surface area contributed by atoms with E-state index in [9.17, 15) is 0 Å². The molecule has 3 N–H and O–H groups in total. The van der Waals surface area contributed by atoms with Crippen LogP contribution in [0.1, 0.15) is 37.3 Å². The largest absolute Gasteiger partial charge is 0.376 e. The van der Waals surface area contributed by atoms with Crippen molar-refractivity contribution < 1.29 is 4.74 Å². The summed E-state index contributed by atoms with van der Waals surface area (Å²) in [5, 5.41) is 3.25. The molecule has 132 valence electrons. The number of morpholine rings is 1. The maximum absolute atomic E-state index is 5.97. The predicted molar refractivity (Wildman–Crippen MR) is 97.8 cm³/mol. The van der Waals surface area contributed by atoms with Gasteiger partial charge in [-0.15, -0.1) is 0 Å². The van der Waals surface area contributed by atoms with Crippen molar-refractivity contribution in [3.63, 3.8) is 0 Å². The number of rotatable bonds is 6. The first-order chi connectivity index (χ1) is 11.7. The van der Waals surface area contributed by atoms with Crippen LogP contribution in [0, 0.1) is 5.92 Å². The molecular formula is C19H30N4O. The lowest BCUT2D eigenvalue weighted by molar-refractivity contribution is -0.0212. The summed E-state index contributed by atoms with van der Waals surface area (Å²) in [7, 11) is 0. The average Bonchev–Trinajstić information content (AvgIpc) is 2.52. The molecule has 0 bridgehead atoms. The summed E-state index contributed by atoms with van der Waals surface area (Å²) in [6.45, 7) is 7.54. The van der Waals surface area contributed by atoms with Crippen LogP contribution in [0.15, 0.2) is 29.3 Å². The zero-order valence-electron chi connectivity index (χ0n) is 14.7. The SMILES string of the molecule is CC1CN(Cc2cccc(CN=C(N)NCC3CCC3)c2)CCO1. The van der Waals surface area contributed by atoms with E-state index in [1.807, 2.05) is 0 Å². The van der Waals surface area contributed by atoms with Gasteiger partial charge in [-0.2, -0.15) is 0 Å². The first-order valence-electron chi connectivity index (χ1n) is 9.14. The zero-order chi connectivity index (χ0) is 16.8. The first kappa shape index (κ1) is 17.2. The fraction of sp³-hybridized carbons (Fsp3) is 0.632. The molecule has 0 amide bonds. The maximum Gasteiger partial charge on any atom is 0.188 e. The smallest absolute Gasteiger partial charge is 0.188 e. The van der Waals surface area contributed by atoms with E-state index in [2.05, 4.69) is 46.4 Å². The summed E-state index contributed by atoms with van der Waals surface area (Å²) in [5.74, 6) is 1.35. The monoisotopic (exact) mass is 330 g/mol. The molecule has 0 spiro atoms. The highest BCUT2D eigenvalue weighted by Gasteiger charge is 2.17. The van der Waals surface area contributed by atoms with Crippen molar-refractivity contribution in [2.75, 3.05) is 26.2 Å². The van der Waals surface area contributed by atoms with Crippen LogP contribution in [-0.2, 0) is 17.8 Å². The number of ether oxygens (including phenoxy) is 1. The number of nitrogens with one attached hydrogen (secondary N) is 1. The molecule has 0 radical (unpaired) electrons. The molecule has 1 saturated heterocycles. The van der Waals surface area contributed by atoms with Gasteiger partial charge < -0.3 is 15.8 Å². The van der Waals surface area contributed by atoms with Crippen LogP contribution in [0.2, 0.25) is 0 Å². The minimum Gasteiger partial charge on any atom is -0.376 e. The molecule has 5 heteroatoms. The maximum atomic E-state index is 5.97. The van der Waals surface area contributed by atoms with Crippen LogP contribution in [0.4, 0.5) is 0 Å². The molecule has 5 nitrogen and oxygen atoms in total. The fourth-order valence-corrected chi connectivity index (χ4v) is 3.30. The molecule has 3 rings (SSSR count). The quantitative estimate of drug-likeness (QED) is 0.619. The Kier molecular flexibility index (Phi) is 6.10. The molecule has 1 heterocycles. The van der Waals surface area contributed by atoms with E-state index in [0.717, 1.165) is 38.7 Å². The van der Waals surface area contributed by atoms with Gasteiger partial charge in [-0.25, -0.2) is 4.99 Å². The Bertz CT molecular complexity index is 556. The van der Waals surface area contributed by atoms with Crippen LogP contribution in [0.3, 0.4) is 0 Å². The van der Waals surface area contributed by atoms with Crippen molar-refractivity contribution in [3.8, 4) is 0 Å². The summed E-state index contributed by atoms with van der Waals surface area (Å²) in [4.78, 5) is 6.92. The van der Waals surface area contributed by atoms with Crippen LogP contribution >= 0.6 is 0 Å². The van der Waals surface area contributed by atoms with E-state index in [4.69, 9.17) is 10.5 Å². The molecule has 1 aromatic rings. The standard InChI is InChI=1S/C19H30N4O/c1-15-13-23(8-9-24-15)14-18-7-3-6-17(10-18)12-22-19(20)21-11-16-4-2-5-16/h3,6-7,10,15-16H,2,4-5,8-9,11-14H2,1H3,(H3,20,21,22). The van der Waals surface area contributed by atoms with Gasteiger partial charge in [-0.3, -0.25) is 4.90 Å². The normalized spacial score (nSPS) is 23.0. The minimum atomic E-state index is 0.327. The van der Waals surface area contributed by atoms with Gasteiger partial charge in [0.15, 0.2) is 5.96 Å². The Balaban J connectivity index is 1.48. The summed E-state index contributed by atoms with van der Waals surface area (Å²) < 4.78 is 5.61. The highest BCUT2D eigenvalue weighted by Crippen LogP contribution is 2.25. The Hall–Kier alpha value is -1.59. The Morgan fingerprint density at radius 1 is 1.38 bits per heavy atom. The van der Waals surface area contributed by atoms with E-state index in [1.165, 1.54) is 30.4 Å². The molecule has 0 aromatic heterocycles. The van der Waals surface area contributed by atoms with Crippen molar-refractivity contribution in [1.29, 1.82) is 0 Å². The second kappa shape index (κ2) is 8.49. The second-order valence-electron chi connectivity index (χ2n) is 7.12. The molecule has 2 aliphatic rings. The van der Waals surface area contributed by atoms with Gasteiger partial charge in [0.05, 0.1) is 19.3 Å². The van der Waals surface area contributed by atoms with Crippen LogP contribution in [0.5, 0.6) is 0 Å². The lowest BCUT2D eigenvalue weighted by atomic mass is 9.85. The predicted octanol–water partition coefficient (Wildman–Crippen LogP) is 2.11. The number of aliphatic imine (C=N–C) groups is 1. The number of nitrogens with two attached hydrogens (primary N) is 1. The van der Waals surface area contributed by atoms with E-state index in [-0.39, 0.29) is 0 Å². The molecule has 1 atom stereocenters. The van der Waals surface area contributed by atoms with Gasteiger partial charge in [0.25, 0.3) is 0 Å². The van der Waals surface area contributed by atoms with Crippen LogP contribution in [-0.4, -0.2) is 43.2 Å². The van der Waals surface area contributed by atoms with E-state index < -0.39 is 0 Å². The molecule has 1 unspecified atom stereocenters. The van der Waals surface area contributed by atoms with Crippen molar-refractivity contribution in [2.45, 2.75) is 45.4 Å². The van der Waals surface area contributed by atoms with Gasteiger partial charge >= 0.3 is 0 Å². The number of guanidine groups is 1. The third-order valence-electron chi connectivity index (χ3n) is 4.95. The third kappa shape index (κ3) is 5.21. The van der Waals surface area contributed by atoms with Gasteiger partial charge in [-0.1, -0.05) is 30.7 Å². The summed E-state index contributed by atoms with van der Waals surface area (Å²) in [5.41, 5.74) is 8.51. The molecule has 1 aliphatic carbocycles. The van der Waals surface area contributed by atoms with E-state index in [1.54, 1.807) is 0 Å². The molecule has 24 heavy (non-hydrogen) atoms. The van der Waals surface area contributed by atoms with Crippen molar-refractivity contribution in [3.05, 3.63) is 35.4 Å². The molecular weight excluding hydrogens is 300 g/mol. The summed E-state index contributed by atoms with van der Waals surface area (Å²) in [6.07, 6.45) is 4.33.